The molecule has 140 valence electrons. The van der Waals surface area contributed by atoms with Crippen molar-refractivity contribution in [3.05, 3.63) is 35.4 Å². The fourth-order valence-electron chi connectivity index (χ4n) is 4.61. The third-order valence-electron chi connectivity index (χ3n) is 6.20. The van der Waals surface area contributed by atoms with E-state index in [1.165, 1.54) is 36.9 Å². The Balaban J connectivity index is 1.60. The summed E-state index contributed by atoms with van der Waals surface area (Å²) in [4.78, 5) is 4.89. The maximum atomic E-state index is 9.47. The van der Waals surface area contributed by atoms with Crippen molar-refractivity contribution in [3.8, 4) is 0 Å². The Morgan fingerprint density at radius 2 is 1.72 bits per heavy atom. The van der Waals surface area contributed by atoms with Crippen molar-refractivity contribution in [1.82, 2.24) is 9.80 Å². The molecule has 0 radical (unpaired) electrons. The van der Waals surface area contributed by atoms with Crippen LogP contribution in [0.25, 0.3) is 0 Å². The van der Waals surface area contributed by atoms with Gasteiger partial charge in [0.15, 0.2) is 0 Å². The molecule has 1 aromatic rings. The molecule has 2 saturated heterocycles. The van der Waals surface area contributed by atoms with Gasteiger partial charge in [-0.1, -0.05) is 38.1 Å². The highest BCUT2D eigenvalue weighted by Gasteiger charge is 2.42. The average molecular weight is 347 g/mol. The Labute approximate surface area is 152 Å². The first-order chi connectivity index (χ1) is 12.0. The van der Waals surface area contributed by atoms with Gasteiger partial charge in [0.1, 0.15) is 0 Å². The van der Waals surface area contributed by atoms with Crippen LogP contribution in [0.5, 0.6) is 0 Å². The zero-order valence-corrected chi connectivity index (χ0v) is 15.8. The van der Waals surface area contributed by atoms with Crippen LogP contribution in [0.1, 0.15) is 50.2 Å². The van der Waals surface area contributed by atoms with Crippen LogP contribution in [0.4, 0.5) is 0 Å². The van der Waals surface area contributed by atoms with Gasteiger partial charge in [0.25, 0.3) is 0 Å². The Morgan fingerprint density at radius 1 is 1.00 bits per heavy atom. The molecule has 2 aliphatic rings. The lowest BCUT2D eigenvalue weighted by Crippen LogP contribution is -2.46. The minimum Gasteiger partial charge on any atom is -0.395 e. The molecule has 1 atom stereocenters. The number of aliphatic hydroxyl groups is 2. The molecule has 0 saturated carbocycles. The summed E-state index contributed by atoms with van der Waals surface area (Å²) < 4.78 is 0. The van der Waals surface area contributed by atoms with Gasteiger partial charge in [0.05, 0.1) is 19.3 Å². The third-order valence-corrected chi connectivity index (χ3v) is 6.20. The molecular weight excluding hydrogens is 312 g/mol. The molecule has 0 bridgehead atoms. The average Bonchev–Trinajstić information content (AvgIpc) is 2.99. The quantitative estimate of drug-likeness (QED) is 0.831. The van der Waals surface area contributed by atoms with Crippen molar-refractivity contribution in [2.75, 3.05) is 39.4 Å². The van der Waals surface area contributed by atoms with E-state index < -0.39 is 0 Å². The van der Waals surface area contributed by atoms with Crippen molar-refractivity contribution in [2.24, 2.45) is 5.41 Å². The molecule has 2 aliphatic heterocycles. The zero-order valence-electron chi connectivity index (χ0n) is 15.8. The summed E-state index contributed by atoms with van der Waals surface area (Å²) in [5.41, 5.74) is 3.16. The standard InChI is InChI=1S/C21H34N2O2/c1-17(2)19-6-4-18(5-7-19)12-22-10-3-8-21(15-22)9-11-23(16-21)20(13-24)14-25/h4-7,17,20,24-25H,3,8-16H2,1-2H3. The minimum atomic E-state index is -0.0849. The Morgan fingerprint density at radius 3 is 2.36 bits per heavy atom. The molecule has 0 amide bonds. The predicted octanol–water partition coefficient (Wildman–Crippen LogP) is 2.45. The largest absolute Gasteiger partial charge is 0.395 e. The van der Waals surface area contributed by atoms with Gasteiger partial charge in [-0.25, -0.2) is 0 Å². The molecule has 25 heavy (non-hydrogen) atoms. The molecule has 3 rings (SSSR count). The lowest BCUT2D eigenvalue weighted by Gasteiger charge is -2.41. The maximum absolute atomic E-state index is 9.47. The topological polar surface area (TPSA) is 46.9 Å². The molecule has 0 aromatic heterocycles. The van der Waals surface area contributed by atoms with E-state index in [0.717, 1.165) is 26.2 Å². The van der Waals surface area contributed by atoms with E-state index in [1.54, 1.807) is 0 Å². The second-order valence-electron chi connectivity index (χ2n) is 8.45. The molecule has 1 spiro atoms. The monoisotopic (exact) mass is 346 g/mol. The van der Waals surface area contributed by atoms with Gasteiger partial charge in [0, 0.05) is 19.6 Å². The Kier molecular flexibility index (Phi) is 6.16. The Hall–Kier alpha value is -0.940. The fourth-order valence-corrected chi connectivity index (χ4v) is 4.61. The van der Waals surface area contributed by atoms with Crippen LogP contribution in [0, 0.1) is 5.41 Å². The molecular formula is C21H34N2O2. The van der Waals surface area contributed by atoms with Gasteiger partial charge in [-0.2, -0.15) is 0 Å². The zero-order chi connectivity index (χ0) is 17.9. The highest BCUT2D eigenvalue weighted by molar-refractivity contribution is 5.24. The molecule has 1 aromatic carbocycles. The summed E-state index contributed by atoms with van der Waals surface area (Å²) in [7, 11) is 0. The molecule has 4 nitrogen and oxygen atoms in total. The summed E-state index contributed by atoms with van der Waals surface area (Å²) in [5.74, 6) is 0.586. The summed E-state index contributed by atoms with van der Waals surface area (Å²) in [6.45, 7) is 9.95. The summed E-state index contributed by atoms with van der Waals surface area (Å²) >= 11 is 0. The van der Waals surface area contributed by atoms with Crippen LogP contribution in [-0.2, 0) is 6.54 Å². The number of likely N-dealkylation sites (tertiary alicyclic amines) is 2. The van der Waals surface area contributed by atoms with E-state index in [0.29, 0.717) is 11.3 Å². The summed E-state index contributed by atoms with van der Waals surface area (Å²) in [5, 5.41) is 18.9. The number of piperidine rings is 1. The van der Waals surface area contributed by atoms with Crippen LogP contribution < -0.4 is 0 Å². The number of nitrogens with zero attached hydrogens (tertiary/aromatic N) is 2. The summed E-state index contributed by atoms with van der Waals surface area (Å²) in [6, 6.07) is 9.02. The van der Waals surface area contributed by atoms with E-state index >= 15 is 0 Å². The molecule has 4 heteroatoms. The predicted molar refractivity (Wildman–Crippen MR) is 102 cm³/mol. The smallest absolute Gasteiger partial charge is 0.0609 e. The SMILES string of the molecule is CC(C)c1ccc(CN2CCCC3(CCN(C(CO)CO)C3)C2)cc1. The molecule has 2 heterocycles. The number of aliphatic hydroxyl groups excluding tert-OH is 2. The normalized spacial score (nSPS) is 25.5. The first kappa shape index (κ1) is 18.8. The van der Waals surface area contributed by atoms with E-state index in [9.17, 15) is 10.2 Å². The second kappa shape index (κ2) is 8.17. The number of hydrogen-bond donors (Lipinski definition) is 2. The highest BCUT2D eigenvalue weighted by Crippen LogP contribution is 2.40. The number of rotatable bonds is 6. The van der Waals surface area contributed by atoms with Crippen LogP contribution >= 0.6 is 0 Å². The Bertz CT molecular complexity index is 541. The van der Waals surface area contributed by atoms with Crippen LogP contribution in [0.2, 0.25) is 0 Å². The van der Waals surface area contributed by atoms with Crippen molar-refractivity contribution >= 4 is 0 Å². The number of hydrogen-bond acceptors (Lipinski definition) is 4. The fraction of sp³-hybridized carbons (Fsp3) is 0.714. The molecule has 2 fully saturated rings. The summed E-state index contributed by atoms with van der Waals surface area (Å²) in [6.07, 6.45) is 3.71. The van der Waals surface area contributed by atoms with Gasteiger partial charge in [-0.05, 0) is 54.8 Å². The molecule has 2 N–H and O–H groups in total. The van der Waals surface area contributed by atoms with Crippen molar-refractivity contribution in [1.29, 1.82) is 0 Å². The van der Waals surface area contributed by atoms with E-state index in [2.05, 4.69) is 47.9 Å². The number of benzene rings is 1. The van der Waals surface area contributed by atoms with E-state index in [1.807, 2.05) is 0 Å². The van der Waals surface area contributed by atoms with Gasteiger partial charge in [-0.15, -0.1) is 0 Å². The highest BCUT2D eigenvalue weighted by atomic mass is 16.3. The van der Waals surface area contributed by atoms with Crippen LogP contribution in [0.3, 0.4) is 0 Å². The van der Waals surface area contributed by atoms with E-state index in [-0.39, 0.29) is 19.3 Å². The lowest BCUT2D eigenvalue weighted by molar-refractivity contribution is 0.0556. The minimum absolute atomic E-state index is 0.0541. The molecule has 0 aliphatic carbocycles. The lowest BCUT2D eigenvalue weighted by atomic mass is 9.79. The van der Waals surface area contributed by atoms with Crippen molar-refractivity contribution < 1.29 is 10.2 Å². The van der Waals surface area contributed by atoms with Crippen LogP contribution in [-0.4, -0.2) is 65.4 Å². The second-order valence-corrected chi connectivity index (χ2v) is 8.45. The maximum Gasteiger partial charge on any atom is 0.0609 e. The first-order valence-corrected chi connectivity index (χ1v) is 9.82. The van der Waals surface area contributed by atoms with Gasteiger partial charge >= 0.3 is 0 Å². The molecule has 1 unspecified atom stereocenters. The van der Waals surface area contributed by atoms with E-state index in [4.69, 9.17) is 0 Å². The van der Waals surface area contributed by atoms with Crippen LogP contribution in [0.15, 0.2) is 24.3 Å². The third kappa shape index (κ3) is 4.43. The van der Waals surface area contributed by atoms with Gasteiger partial charge in [0.2, 0.25) is 0 Å². The van der Waals surface area contributed by atoms with Gasteiger partial charge < -0.3 is 10.2 Å². The first-order valence-electron chi connectivity index (χ1n) is 9.82. The van der Waals surface area contributed by atoms with Gasteiger partial charge in [-0.3, -0.25) is 9.80 Å². The van der Waals surface area contributed by atoms with Crippen molar-refractivity contribution in [3.63, 3.8) is 0 Å². The van der Waals surface area contributed by atoms with Crippen molar-refractivity contribution in [2.45, 2.75) is 51.6 Å².